The van der Waals surface area contributed by atoms with Gasteiger partial charge in [-0.2, -0.15) is 5.10 Å². The van der Waals surface area contributed by atoms with Crippen molar-refractivity contribution in [1.82, 2.24) is 9.78 Å². The van der Waals surface area contributed by atoms with Crippen molar-refractivity contribution in [1.29, 1.82) is 0 Å². The van der Waals surface area contributed by atoms with Gasteiger partial charge in [0.05, 0.1) is 17.5 Å². The van der Waals surface area contributed by atoms with Crippen LogP contribution in [-0.2, 0) is 7.05 Å². The van der Waals surface area contributed by atoms with Gasteiger partial charge in [-0.3, -0.25) is 9.48 Å². The summed E-state index contributed by atoms with van der Waals surface area (Å²) in [5.74, 6) is 0.0267. The van der Waals surface area contributed by atoms with E-state index in [2.05, 4.69) is 21.0 Å². The normalized spacial score (nSPS) is 10.4. The molecule has 0 radical (unpaired) electrons. The van der Waals surface area contributed by atoms with E-state index in [-0.39, 0.29) is 5.78 Å². The number of aromatic nitrogens is 2. The van der Waals surface area contributed by atoms with Gasteiger partial charge in [-0.25, -0.2) is 0 Å². The van der Waals surface area contributed by atoms with Crippen molar-refractivity contribution in [3.8, 4) is 11.3 Å². The van der Waals surface area contributed by atoms with Crippen LogP contribution in [0.25, 0.3) is 11.3 Å². The average molecular weight is 279 g/mol. The van der Waals surface area contributed by atoms with E-state index in [9.17, 15) is 4.79 Å². The first-order valence-electron chi connectivity index (χ1n) is 4.89. The summed E-state index contributed by atoms with van der Waals surface area (Å²) in [5, 5.41) is 4.13. The third kappa shape index (κ3) is 1.80. The molecule has 0 aliphatic carbocycles. The van der Waals surface area contributed by atoms with Crippen molar-refractivity contribution in [2.75, 3.05) is 0 Å². The maximum absolute atomic E-state index is 11.5. The van der Waals surface area contributed by atoms with Crippen LogP contribution in [0, 0.1) is 0 Å². The molecule has 2 aromatic rings. The van der Waals surface area contributed by atoms with Crippen LogP contribution < -0.4 is 0 Å². The standard InChI is InChI=1S/C12H11BrN2O/c1-8(16)10-7-14-15(2)12(10)9-5-3-4-6-11(9)13/h3-7H,1-2H3. The van der Waals surface area contributed by atoms with Crippen LogP contribution in [-0.4, -0.2) is 15.6 Å². The van der Waals surface area contributed by atoms with Gasteiger partial charge in [-0.1, -0.05) is 34.1 Å². The third-order valence-electron chi connectivity index (χ3n) is 2.45. The van der Waals surface area contributed by atoms with Crippen LogP contribution in [0.15, 0.2) is 34.9 Å². The minimum Gasteiger partial charge on any atom is -0.294 e. The fourth-order valence-corrected chi connectivity index (χ4v) is 2.14. The predicted octanol–water partition coefficient (Wildman–Crippen LogP) is 3.05. The number of Topliss-reactive ketones (excluding diaryl/α,β-unsaturated/α-hetero) is 1. The number of nitrogens with zero attached hydrogens (tertiary/aromatic N) is 2. The van der Waals surface area contributed by atoms with E-state index in [0.717, 1.165) is 15.7 Å². The molecule has 0 aliphatic heterocycles. The molecule has 1 aromatic heterocycles. The molecule has 0 atom stereocenters. The second-order valence-electron chi connectivity index (χ2n) is 3.57. The number of rotatable bonds is 2. The summed E-state index contributed by atoms with van der Waals surface area (Å²) < 4.78 is 2.68. The number of carbonyl (C=O) groups excluding carboxylic acids is 1. The number of hydrogen-bond acceptors (Lipinski definition) is 2. The Hall–Kier alpha value is -1.42. The Labute approximate surface area is 102 Å². The summed E-state index contributed by atoms with van der Waals surface area (Å²) >= 11 is 3.48. The summed E-state index contributed by atoms with van der Waals surface area (Å²) in [6, 6.07) is 7.80. The Morgan fingerprint density at radius 3 is 2.69 bits per heavy atom. The summed E-state index contributed by atoms with van der Waals surface area (Å²) in [6.07, 6.45) is 1.61. The summed E-state index contributed by atoms with van der Waals surface area (Å²) in [6.45, 7) is 1.55. The minimum absolute atomic E-state index is 0.0267. The topological polar surface area (TPSA) is 34.9 Å². The van der Waals surface area contributed by atoms with Gasteiger partial charge in [0.25, 0.3) is 0 Å². The largest absolute Gasteiger partial charge is 0.294 e. The predicted molar refractivity (Wildman–Crippen MR) is 66.3 cm³/mol. The van der Waals surface area contributed by atoms with Gasteiger partial charge in [0.1, 0.15) is 0 Å². The number of halogens is 1. The SMILES string of the molecule is CC(=O)c1cnn(C)c1-c1ccccc1Br. The molecule has 0 fully saturated rings. The van der Waals surface area contributed by atoms with E-state index < -0.39 is 0 Å². The van der Waals surface area contributed by atoms with Gasteiger partial charge in [0.15, 0.2) is 5.78 Å². The van der Waals surface area contributed by atoms with Crippen molar-refractivity contribution in [2.24, 2.45) is 7.05 Å². The first kappa shape index (κ1) is 11.1. The quantitative estimate of drug-likeness (QED) is 0.792. The van der Waals surface area contributed by atoms with E-state index in [1.165, 1.54) is 0 Å². The second-order valence-corrected chi connectivity index (χ2v) is 4.42. The lowest BCUT2D eigenvalue weighted by atomic mass is 10.1. The van der Waals surface area contributed by atoms with Crippen molar-refractivity contribution in [2.45, 2.75) is 6.92 Å². The Morgan fingerprint density at radius 1 is 1.38 bits per heavy atom. The monoisotopic (exact) mass is 278 g/mol. The second kappa shape index (κ2) is 4.22. The number of carbonyl (C=O) groups is 1. The van der Waals surface area contributed by atoms with Crippen molar-refractivity contribution < 1.29 is 4.79 Å². The van der Waals surface area contributed by atoms with Crippen LogP contribution in [0.2, 0.25) is 0 Å². The van der Waals surface area contributed by atoms with E-state index in [0.29, 0.717) is 5.56 Å². The molecular formula is C12H11BrN2O. The molecule has 1 aromatic carbocycles. The van der Waals surface area contributed by atoms with Crippen LogP contribution in [0.1, 0.15) is 17.3 Å². The first-order valence-corrected chi connectivity index (χ1v) is 5.68. The fourth-order valence-electron chi connectivity index (χ4n) is 1.67. The van der Waals surface area contributed by atoms with Crippen LogP contribution in [0.5, 0.6) is 0 Å². The van der Waals surface area contributed by atoms with E-state index in [1.807, 2.05) is 31.3 Å². The number of aryl methyl sites for hydroxylation is 1. The molecule has 1 heterocycles. The zero-order valence-corrected chi connectivity index (χ0v) is 10.7. The highest BCUT2D eigenvalue weighted by Crippen LogP contribution is 2.30. The molecule has 4 heteroatoms. The molecule has 82 valence electrons. The zero-order valence-electron chi connectivity index (χ0n) is 9.07. The van der Waals surface area contributed by atoms with Crippen LogP contribution >= 0.6 is 15.9 Å². The maximum atomic E-state index is 11.5. The van der Waals surface area contributed by atoms with Gasteiger partial charge in [-0.15, -0.1) is 0 Å². The number of benzene rings is 1. The van der Waals surface area contributed by atoms with E-state index >= 15 is 0 Å². The molecule has 0 aliphatic rings. The first-order chi connectivity index (χ1) is 7.61. The van der Waals surface area contributed by atoms with Crippen LogP contribution in [0.3, 0.4) is 0 Å². The van der Waals surface area contributed by atoms with Gasteiger partial charge < -0.3 is 0 Å². The van der Waals surface area contributed by atoms with Gasteiger partial charge in [0.2, 0.25) is 0 Å². The lowest BCUT2D eigenvalue weighted by Gasteiger charge is -2.06. The Kier molecular flexibility index (Phi) is 2.92. The lowest BCUT2D eigenvalue weighted by molar-refractivity contribution is 0.101. The van der Waals surface area contributed by atoms with Gasteiger partial charge in [0, 0.05) is 17.1 Å². The van der Waals surface area contributed by atoms with Gasteiger partial charge >= 0.3 is 0 Å². The van der Waals surface area contributed by atoms with E-state index in [4.69, 9.17) is 0 Å². The van der Waals surface area contributed by atoms with Crippen LogP contribution in [0.4, 0.5) is 0 Å². The summed E-state index contributed by atoms with van der Waals surface area (Å²) in [7, 11) is 1.83. The third-order valence-corrected chi connectivity index (χ3v) is 3.14. The van der Waals surface area contributed by atoms with Gasteiger partial charge in [-0.05, 0) is 13.0 Å². The van der Waals surface area contributed by atoms with Crippen molar-refractivity contribution in [3.63, 3.8) is 0 Å². The Morgan fingerprint density at radius 2 is 2.06 bits per heavy atom. The highest BCUT2D eigenvalue weighted by atomic mass is 79.9. The maximum Gasteiger partial charge on any atom is 0.163 e. The fraction of sp³-hybridized carbons (Fsp3) is 0.167. The summed E-state index contributed by atoms with van der Waals surface area (Å²) in [4.78, 5) is 11.5. The molecule has 3 nitrogen and oxygen atoms in total. The molecular weight excluding hydrogens is 268 g/mol. The molecule has 0 amide bonds. The minimum atomic E-state index is 0.0267. The zero-order chi connectivity index (χ0) is 11.7. The molecule has 0 bridgehead atoms. The number of ketones is 1. The Bertz CT molecular complexity index is 546. The molecule has 0 spiro atoms. The highest BCUT2D eigenvalue weighted by Gasteiger charge is 2.15. The molecule has 16 heavy (non-hydrogen) atoms. The molecule has 0 saturated carbocycles. The highest BCUT2D eigenvalue weighted by molar-refractivity contribution is 9.10. The molecule has 0 unspecified atom stereocenters. The average Bonchev–Trinajstić information content (AvgIpc) is 2.61. The molecule has 2 rings (SSSR count). The molecule has 0 saturated heterocycles. The van der Waals surface area contributed by atoms with Crippen molar-refractivity contribution >= 4 is 21.7 Å². The molecule has 0 N–H and O–H groups in total. The smallest absolute Gasteiger partial charge is 0.163 e. The number of hydrogen-bond donors (Lipinski definition) is 0. The lowest BCUT2D eigenvalue weighted by Crippen LogP contribution is -1.99. The van der Waals surface area contributed by atoms with Crippen molar-refractivity contribution in [3.05, 3.63) is 40.5 Å². The van der Waals surface area contributed by atoms with E-state index in [1.54, 1.807) is 17.8 Å². The Balaban J connectivity index is 2.68. The summed E-state index contributed by atoms with van der Waals surface area (Å²) in [5.41, 5.74) is 2.47.